The third-order valence-corrected chi connectivity index (χ3v) is 2.98. The lowest BCUT2D eigenvalue weighted by atomic mass is 10.2. The molecule has 3 N–H and O–H groups in total. The Morgan fingerprint density at radius 2 is 2.06 bits per heavy atom. The normalized spacial score (nSPS) is 15.1. The summed E-state index contributed by atoms with van der Waals surface area (Å²) in [6.45, 7) is 2.82. The van der Waals surface area contributed by atoms with E-state index in [1.165, 1.54) is 0 Å². The third-order valence-electron chi connectivity index (χ3n) is 2.67. The van der Waals surface area contributed by atoms with E-state index in [9.17, 15) is 4.79 Å². The zero-order chi connectivity index (χ0) is 13.1. The molecule has 1 amide bonds. The topological polar surface area (TPSA) is 73.6 Å². The second-order valence-electron chi connectivity index (χ2n) is 3.98. The Morgan fingerprint density at radius 3 is 2.67 bits per heavy atom. The Balaban J connectivity index is 2.20. The molecule has 98 valence electrons. The Kier molecular flexibility index (Phi) is 3.93. The zero-order valence-electron chi connectivity index (χ0n) is 10.0. The van der Waals surface area contributed by atoms with E-state index in [-0.39, 0.29) is 5.91 Å². The van der Waals surface area contributed by atoms with Crippen LogP contribution in [0.1, 0.15) is 13.3 Å². The first kappa shape index (κ1) is 13.0. The molecule has 1 aliphatic heterocycles. The Hall–Kier alpha value is -1.46. The molecule has 0 aromatic heterocycles. The number of nitrogens with one attached hydrogen (secondary N) is 1. The number of ether oxygens (including phenoxy) is 2. The van der Waals surface area contributed by atoms with Gasteiger partial charge in [0.05, 0.1) is 16.8 Å². The van der Waals surface area contributed by atoms with Gasteiger partial charge in [-0.25, -0.2) is 0 Å². The van der Waals surface area contributed by atoms with Gasteiger partial charge in [-0.05, 0) is 6.42 Å². The van der Waals surface area contributed by atoms with Gasteiger partial charge in [-0.2, -0.15) is 0 Å². The summed E-state index contributed by atoms with van der Waals surface area (Å²) in [4.78, 5) is 11.7. The lowest BCUT2D eigenvalue weighted by molar-refractivity contribution is -0.117. The number of anilines is 1. The number of hydrogen-bond donors (Lipinski definition) is 2. The summed E-state index contributed by atoms with van der Waals surface area (Å²) in [6, 6.07) is 2.73. The SMILES string of the molecule is CC[C@@H](N)C(=O)Nc1cc2c(cc1Cl)OCCO2. The van der Waals surface area contributed by atoms with Gasteiger partial charge in [0.25, 0.3) is 0 Å². The standard InChI is InChI=1S/C12H15ClN2O3/c1-2-8(14)12(16)15-9-6-11-10(5-7(9)13)17-3-4-18-11/h5-6,8H,2-4,14H2,1H3,(H,15,16)/t8-/m1/s1. The molecule has 1 aromatic rings. The molecule has 0 saturated heterocycles. The molecule has 0 spiro atoms. The van der Waals surface area contributed by atoms with Crippen LogP contribution in [0.4, 0.5) is 5.69 Å². The van der Waals surface area contributed by atoms with E-state index in [0.29, 0.717) is 41.8 Å². The molecular formula is C12H15ClN2O3. The second kappa shape index (κ2) is 5.46. The summed E-state index contributed by atoms with van der Waals surface area (Å²) in [5.41, 5.74) is 6.12. The fraction of sp³-hybridized carbons (Fsp3) is 0.417. The van der Waals surface area contributed by atoms with Crippen molar-refractivity contribution in [3.8, 4) is 11.5 Å². The quantitative estimate of drug-likeness (QED) is 0.878. The maximum Gasteiger partial charge on any atom is 0.241 e. The molecular weight excluding hydrogens is 256 g/mol. The predicted molar refractivity (Wildman–Crippen MR) is 69.3 cm³/mol. The smallest absolute Gasteiger partial charge is 0.241 e. The summed E-state index contributed by atoms with van der Waals surface area (Å²) in [6.07, 6.45) is 0.563. The van der Waals surface area contributed by atoms with Gasteiger partial charge in [0.15, 0.2) is 11.5 Å². The fourth-order valence-corrected chi connectivity index (χ4v) is 1.77. The van der Waals surface area contributed by atoms with Gasteiger partial charge >= 0.3 is 0 Å². The number of benzene rings is 1. The van der Waals surface area contributed by atoms with Crippen molar-refractivity contribution < 1.29 is 14.3 Å². The van der Waals surface area contributed by atoms with Crippen LogP contribution in [-0.4, -0.2) is 25.2 Å². The minimum Gasteiger partial charge on any atom is -0.486 e. The van der Waals surface area contributed by atoms with Crippen LogP contribution in [0.15, 0.2) is 12.1 Å². The van der Waals surface area contributed by atoms with Crippen molar-refractivity contribution in [3.63, 3.8) is 0 Å². The van der Waals surface area contributed by atoms with Crippen LogP contribution < -0.4 is 20.5 Å². The van der Waals surface area contributed by atoms with Crippen LogP contribution in [0.3, 0.4) is 0 Å². The van der Waals surface area contributed by atoms with E-state index in [0.717, 1.165) is 0 Å². The Morgan fingerprint density at radius 1 is 1.44 bits per heavy atom. The molecule has 18 heavy (non-hydrogen) atoms. The first-order valence-corrected chi connectivity index (χ1v) is 6.15. The lowest BCUT2D eigenvalue weighted by Crippen LogP contribution is -2.34. The summed E-state index contributed by atoms with van der Waals surface area (Å²) >= 11 is 6.06. The highest BCUT2D eigenvalue weighted by Crippen LogP contribution is 2.37. The molecule has 0 bridgehead atoms. The average molecular weight is 271 g/mol. The lowest BCUT2D eigenvalue weighted by Gasteiger charge is -2.20. The molecule has 1 aromatic carbocycles. The highest BCUT2D eigenvalue weighted by atomic mass is 35.5. The van der Waals surface area contributed by atoms with E-state index >= 15 is 0 Å². The van der Waals surface area contributed by atoms with Crippen molar-refractivity contribution >= 4 is 23.2 Å². The fourth-order valence-electron chi connectivity index (χ4n) is 1.57. The van der Waals surface area contributed by atoms with Crippen molar-refractivity contribution in [2.24, 2.45) is 5.73 Å². The minimum atomic E-state index is -0.547. The van der Waals surface area contributed by atoms with E-state index in [4.69, 9.17) is 26.8 Å². The molecule has 0 saturated carbocycles. The van der Waals surface area contributed by atoms with Gasteiger partial charge in [0, 0.05) is 12.1 Å². The number of hydrogen-bond acceptors (Lipinski definition) is 4. The van der Waals surface area contributed by atoms with Gasteiger partial charge in [-0.1, -0.05) is 18.5 Å². The maximum atomic E-state index is 11.7. The highest BCUT2D eigenvalue weighted by Gasteiger charge is 2.18. The number of nitrogens with two attached hydrogens (primary N) is 1. The van der Waals surface area contributed by atoms with Gasteiger partial charge in [-0.3, -0.25) is 4.79 Å². The van der Waals surface area contributed by atoms with Crippen molar-refractivity contribution in [2.75, 3.05) is 18.5 Å². The molecule has 5 nitrogen and oxygen atoms in total. The summed E-state index contributed by atoms with van der Waals surface area (Å²) in [7, 11) is 0. The van der Waals surface area contributed by atoms with Gasteiger partial charge in [-0.15, -0.1) is 0 Å². The first-order chi connectivity index (χ1) is 8.61. The molecule has 6 heteroatoms. The van der Waals surface area contributed by atoms with E-state index in [1.54, 1.807) is 12.1 Å². The zero-order valence-corrected chi connectivity index (χ0v) is 10.8. The molecule has 0 aliphatic carbocycles. The minimum absolute atomic E-state index is 0.268. The van der Waals surface area contributed by atoms with Crippen LogP contribution in [0.25, 0.3) is 0 Å². The Labute approximate surface area is 110 Å². The molecule has 0 fully saturated rings. The monoisotopic (exact) mass is 270 g/mol. The van der Waals surface area contributed by atoms with Gasteiger partial charge in [0.1, 0.15) is 13.2 Å². The summed E-state index contributed by atoms with van der Waals surface area (Å²) in [5.74, 6) is 0.895. The predicted octanol–water partition coefficient (Wildman–Crippen LogP) is 1.79. The van der Waals surface area contributed by atoms with Crippen LogP contribution in [0, 0.1) is 0 Å². The number of amides is 1. The molecule has 1 aliphatic rings. The van der Waals surface area contributed by atoms with Crippen molar-refractivity contribution in [1.82, 2.24) is 0 Å². The van der Waals surface area contributed by atoms with Crippen LogP contribution >= 0.6 is 11.6 Å². The molecule has 2 rings (SSSR count). The number of halogens is 1. The summed E-state index contributed by atoms with van der Waals surface area (Å²) < 4.78 is 10.8. The van der Waals surface area contributed by atoms with E-state index in [1.807, 2.05) is 6.92 Å². The number of carbonyl (C=O) groups excluding carboxylic acids is 1. The van der Waals surface area contributed by atoms with Crippen molar-refractivity contribution in [1.29, 1.82) is 0 Å². The Bertz CT molecular complexity index is 465. The highest BCUT2D eigenvalue weighted by molar-refractivity contribution is 6.34. The van der Waals surface area contributed by atoms with Crippen molar-refractivity contribution in [2.45, 2.75) is 19.4 Å². The average Bonchev–Trinajstić information content (AvgIpc) is 2.38. The first-order valence-electron chi connectivity index (χ1n) is 5.77. The second-order valence-corrected chi connectivity index (χ2v) is 4.39. The number of carbonyl (C=O) groups is 1. The number of rotatable bonds is 3. The van der Waals surface area contributed by atoms with Crippen LogP contribution in [-0.2, 0) is 4.79 Å². The van der Waals surface area contributed by atoms with Crippen LogP contribution in [0.2, 0.25) is 5.02 Å². The molecule has 0 unspecified atom stereocenters. The number of fused-ring (bicyclic) bond motifs is 1. The van der Waals surface area contributed by atoms with Gasteiger partial charge in [0.2, 0.25) is 5.91 Å². The third kappa shape index (κ3) is 2.68. The largest absolute Gasteiger partial charge is 0.486 e. The molecule has 0 radical (unpaired) electrons. The summed E-state index contributed by atoms with van der Waals surface area (Å²) in [5, 5.41) is 3.08. The maximum absolute atomic E-state index is 11.7. The molecule has 1 atom stereocenters. The van der Waals surface area contributed by atoms with E-state index in [2.05, 4.69) is 5.32 Å². The van der Waals surface area contributed by atoms with E-state index < -0.39 is 6.04 Å². The van der Waals surface area contributed by atoms with Crippen molar-refractivity contribution in [3.05, 3.63) is 17.2 Å². The molecule has 1 heterocycles. The van der Waals surface area contributed by atoms with Crippen LogP contribution in [0.5, 0.6) is 11.5 Å². The van der Waals surface area contributed by atoms with Gasteiger partial charge < -0.3 is 20.5 Å².